The van der Waals surface area contributed by atoms with Crippen molar-refractivity contribution in [1.29, 1.82) is 0 Å². The fraction of sp³-hybridized carbons (Fsp3) is 0.412. The van der Waals surface area contributed by atoms with Gasteiger partial charge in [0, 0.05) is 0 Å². The lowest BCUT2D eigenvalue weighted by Gasteiger charge is -2.15. The van der Waals surface area contributed by atoms with Crippen molar-refractivity contribution in [2.45, 2.75) is 46.1 Å². The molecule has 0 bridgehead atoms. The molecule has 2 aromatic heterocycles. The summed E-state index contributed by atoms with van der Waals surface area (Å²) in [4.78, 5) is 12.6. The van der Waals surface area contributed by atoms with Crippen LogP contribution in [0.25, 0.3) is 11.0 Å². The average Bonchev–Trinajstić information content (AvgIpc) is 3.03. The van der Waals surface area contributed by atoms with E-state index in [1.807, 2.05) is 24.3 Å². The Morgan fingerprint density at radius 2 is 1.78 bits per heavy atom. The zero-order valence-electron chi connectivity index (χ0n) is 13.8. The second-order valence-corrected chi connectivity index (χ2v) is 5.48. The SMILES string of the molecule is CCc1nnc(NC(CC)c2nc3ccccc3[nH]2)nc1CC. The molecule has 0 saturated heterocycles. The third-order valence-corrected chi connectivity index (χ3v) is 3.96. The third-order valence-electron chi connectivity index (χ3n) is 3.96. The largest absolute Gasteiger partial charge is 0.343 e. The minimum Gasteiger partial charge on any atom is -0.343 e. The molecule has 0 fully saturated rings. The lowest BCUT2D eigenvalue weighted by molar-refractivity contribution is 0.688. The number of fused-ring (bicyclic) bond motifs is 1. The molecule has 3 rings (SSSR count). The number of para-hydroxylation sites is 2. The van der Waals surface area contributed by atoms with Crippen molar-refractivity contribution >= 4 is 17.0 Å². The first kappa shape index (κ1) is 15.4. The van der Waals surface area contributed by atoms with Gasteiger partial charge < -0.3 is 10.3 Å². The van der Waals surface area contributed by atoms with Crippen molar-refractivity contribution in [3.8, 4) is 0 Å². The Morgan fingerprint density at radius 3 is 2.48 bits per heavy atom. The van der Waals surface area contributed by atoms with Crippen LogP contribution < -0.4 is 5.32 Å². The summed E-state index contributed by atoms with van der Waals surface area (Å²) in [7, 11) is 0. The molecular formula is C17H22N6. The van der Waals surface area contributed by atoms with E-state index in [4.69, 9.17) is 0 Å². The van der Waals surface area contributed by atoms with Crippen LogP contribution >= 0.6 is 0 Å². The lowest BCUT2D eigenvalue weighted by Crippen LogP contribution is -2.15. The van der Waals surface area contributed by atoms with Crippen LogP contribution in [0.5, 0.6) is 0 Å². The predicted molar refractivity (Wildman–Crippen MR) is 91.3 cm³/mol. The minimum absolute atomic E-state index is 0.0291. The smallest absolute Gasteiger partial charge is 0.243 e. The average molecular weight is 310 g/mol. The summed E-state index contributed by atoms with van der Waals surface area (Å²) in [5.41, 5.74) is 3.98. The van der Waals surface area contributed by atoms with Crippen molar-refractivity contribution in [1.82, 2.24) is 25.1 Å². The Labute approximate surface area is 135 Å². The van der Waals surface area contributed by atoms with Crippen molar-refractivity contribution in [2.75, 3.05) is 5.32 Å². The van der Waals surface area contributed by atoms with Gasteiger partial charge in [-0.05, 0) is 31.4 Å². The molecule has 0 radical (unpaired) electrons. The van der Waals surface area contributed by atoms with Gasteiger partial charge in [-0.25, -0.2) is 9.97 Å². The van der Waals surface area contributed by atoms with E-state index in [2.05, 4.69) is 51.2 Å². The summed E-state index contributed by atoms with van der Waals surface area (Å²) in [6, 6.07) is 8.06. The number of benzene rings is 1. The Bertz CT molecular complexity index is 762. The number of aromatic nitrogens is 5. The minimum atomic E-state index is 0.0291. The number of rotatable bonds is 6. The quantitative estimate of drug-likeness (QED) is 0.729. The standard InChI is InChI=1S/C17H22N6/c1-4-11-12(5-2)22-23-17(20-11)21-13(6-3)16-18-14-9-7-8-10-15(14)19-16/h7-10,13H,4-6H2,1-3H3,(H,18,19)(H,20,21,23). The van der Waals surface area contributed by atoms with Gasteiger partial charge >= 0.3 is 0 Å². The highest BCUT2D eigenvalue weighted by Gasteiger charge is 2.16. The molecule has 0 aliphatic carbocycles. The van der Waals surface area contributed by atoms with E-state index in [0.29, 0.717) is 5.95 Å². The number of aromatic amines is 1. The highest BCUT2D eigenvalue weighted by atomic mass is 15.3. The molecule has 1 aromatic carbocycles. The second-order valence-electron chi connectivity index (χ2n) is 5.48. The molecule has 23 heavy (non-hydrogen) atoms. The number of hydrogen-bond donors (Lipinski definition) is 2. The number of anilines is 1. The topological polar surface area (TPSA) is 79.4 Å². The molecule has 6 nitrogen and oxygen atoms in total. The maximum absolute atomic E-state index is 4.66. The van der Waals surface area contributed by atoms with Gasteiger partial charge in [0.2, 0.25) is 5.95 Å². The maximum Gasteiger partial charge on any atom is 0.243 e. The molecule has 0 saturated carbocycles. The summed E-state index contributed by atoms with van der Waals surface area (Å²) in [6.45, 7) is 6.27. The third kappa shape index (κ3) is 3.16. The Balaban J connectivity index is 1.87. The van der Waals surface area contributed by atoms with Crippen LogP contribution in [0.1, 0.15) is 50.4 Å². The van der Waals surface area contributed by atoms with Gasteiger partial charge in [-0.2, -0.15) is 5.10 Å². The Morgan fingerprint density at radius 1 is 1.00 bits per heavy atom. The van der Waals surface area contributed by atoms with Crippen LogP contribution in [0.3, 0.4) is 0 Å². The molecule has 2 heterocycles. The van der Waals surface area contributed by atoms with Crippen molar-refractivity contribution in [2.24, 2.45) is 0 Å². The zero-order valence-corrected chi connectivity index (χ0v) is 13.8. The normalized spacial score (nSPS) is 12.5. The van der Waals surface area contributed by atoms with Crippen LogP contribution in [-0.2, 0) is 12.8 Å². The molecule has 120 valence electrons. The summed E-state index contributed by atoms with van der Waals surface area (Å²) < 4.78 is 0. The van der Waals surface area contributed by atoms with E-state index in [1.54, 1.807) is 0 Å². The van der Waals surface area contributed by atoms with Crippen molar-refractivity contribution < 1.29 is 0 Å². The van der Waals surface area contributed by atoms with E-state index in [-0.39, 0.29) is 6.04 Å². The first-order valence-electron chi connectivity index (χ1n) is 8.18. The highest BCUT2D eigenvalue weighted by Crippen LogP contribution is 2.21. The first-order valence-corrected chi connectivity index (χ1v) is 8.18. The van der Waals surface area contributed by atoms with E-state index in [0.717, 1.165) is 47.5 Å². The molecule has 2 N–H and O–H groups in total. The van der Waals surface area contributed by atoms with E-state index < -0.39 is 0 Å². The van der Waals surface area contributed by atoms with Gasteiger partial charge in [-0.3, -0.25) is 0 Å². The maximum atomic E-state index is 4.66. The molecule has 3 aromatic rings. The number of hydrogen-bond acceptors (Lipinski definition) is 5. The molecule has 0 aliphatic heterocycles. The van der Waals surface area contributed by atoms with Gasteiger partial charge in [-0.1, -0.05) is 32.9 Å². The number of nitrogens with one attached hydrogen (secondary N) is 2. The number of imidazole rings is 1. The summed E-state index contributed by atoms with van der Waals surface area (Å²) in [5, 5.41) is 11.9. The summed E-state index contributed by atoms with van der Waals surface area (Å²) in [6.07, 6.45) is 2.58. The van der Waals surface area contributed by atoms with Crippen LogP contribution in [0.15, 0.2) is 24.3 Å². The molecule has 1 atom stereocenters. The summed E-state index contributed by atoms with van der Waals surface area (Å²) in [5.74, 6) is 1.46. The highest BCUT2D eigenvalue weighted by molar-refractivity contribution is 5.74. The van der Waals surface area contributed by atoms with Crippen LogP contribution in [0.2, 0.25) is 0 Å². The first-order chi connectivity index (χ1) is 11.2. The molecule has 0 aliphatic rings. The monoisotopic (exact) mass is 310 g/mol. The van der Waals surface area contributed by atoms with E-state index in [1.165, 1.54) is 0 Å². The fourth-order valence-corrected chi connectivity index (χ4v) is 2.66. The Kier molecular flexibility index (Phi) is 4.50. The van der Waals surface area contributed by atoms with Gasteiger partial charge in [0.1, 0.15) is 5.82 Å². The molecule has 6 heteroatoms. The lowest BCUT2D eigenvalue weighted by atomic mass is 10.2. The Hall–Kier alpha value is -2.50. The van der Waals surface area contributed by atoms with Gasteiger partial charge in [0.25, 0.3) is 0 Å². The zero-order chi connectivity index (χ0) is 16.2. The van der Waals surface area contributed by atoms with Crippen LogP contribution in [0.4, 0.5) is 5.95 Å². The van der Waals surface area contributed by atoms with Crippen LogP contribution in [0, 0.1) is 0 Å². The van der Waals surface area contributed by atoms with E-state index >= 15 is 0 Å². The molecule has 1 unspecified atom stereocenters. The number of aryl methyl sites for hydroxylation is 2. The van der Waals surface area contributed by atoms with Crippen LogP contribution in [-0.4, -0.2) is 25.1 Å². The van der Waals surface area contributed by atoms with Gasteiger partial charge in [-0.15, -0.1) is 5.10 Å². The van der Waals surface area contributed by atoms with Crippen molar-refractivity contribution in [3.63, 3.8) is 0 Å². The molecule has 0 amide bonds. The van der Waals surface area contributed by atoms with Crippen molar-refractivity contribution in [3.05, 3.63) is 41.5 Å². The molecule has 0 spiro atoms. The predicted octanol–water partition coefficient (Wildman–Crippen LogP) is 3.44. The number of H-pyrrole nitrogens is 1. The molecular weight excluding hydrogens is 288 g/mol. The second kappa shape index (κ2) is 6.73. The number of nitrogens with zero attached hydrogens (tertiary/aromatic N) is 4. The van der Waals surface area contributed by atoms with Gasteiger partial charge in [0.05, 0.1) is 28.5 Å². The van der Waals surface area contributed by atoms with E-state index in [9.17, 15) is 0 Å². The summed E-state index contributed by atoms with van der Waals surface area (Å²) >= 11 is 0. The van der Waals surface area contributed by atoms with Gasteiger partial charge in [0.15, 0.2) is 0 Å². The fourth-order valence-electron chi connectivity index (χ4n) is 2.66.